The first-order valence-corrected chi connectivity index (χ1v) is 13.0. The highest BCUT2D eigenvalue weighted by Gasteiger charge is 2.26. The molecule has 7 heteroatoms. The molecule has 2 aromatic heterocycles. The average molecular weight is 475 g/mol. The molecule has 0 radical (unpaired) electrons. The molecule has 0 unspecified atom stereocenters. The van der Waals surface area contributed by atoms with Gasteiger partial charge in [-0.1, -0.05) is 24.3 Å². The summed E-state index contributed by atoms with van der Waals surface area (Å²) in [6.45, 7) is 14.0. The first-order chi connectivity index (χ1) is 16.9. The first kappa shape index (κ1) is 23.7. The van der Waals surface area contributed by atoms with Crippen molar-refractivity contribution in [1.82, 2.24) is 24.7 Å². The molecule has 0 bridgehead atoms. The molecule has 4 heterocycles. The monoisotopic (exact) mass is 474 g/mol. The van der Waals surface area contributed by atoms with Crippen LogP contribution in [0, 0.1) is 0 Å². The highest BCUT2D eigenvalue weighted by atomic mass is 16.2. The van der Waals surface area contributed by atoms with Crippen molar-refractivity contribution in [2.75, 3.05) is 44.2 Å². The van der Waals surface area contributed by atoms with Gasteiger partial charge in [0.1, 0.15) is 0 Å². The molecule has 186 valence electrons. The lowest BCUT2D eigenvalue weighted by atomic mass is 9.96. The van der Waals surface area contributed by atoms with Crippen LogP contribution in [0.4, 0.5) is 10.5 Å². The number of likely N-dealkylation sites (tertiary alicyclic amines) is 1. The molecule has 5 rings (SSSR count). The number of benzene rings is 1. The van der Waals surface area contributed by atoms with Gasteiger partial charge < -0.3 is 20.0 Å². The topological polar surface area (TPSA) is 56.1 Å². The number of amides is 2. The quantitative estimate of drug-likeness (QED) is 0.594. The van der Waals surface area contributed by atoms with Crippen LogP contribution in [-0.2, 0) is 0 Å². The third-order valence-corrected chi connectivity index (χ3v) is 7.47. The standard InChI is InChI=1S/C28H38N6O/c1-20(2)30-28(35)32-15-13-31(14-16-32)26-9-11-29-34-19-25(17-27(26)34)23-7-5-22(6-8-23)24-10-12-33(18-24)21(3)4/h5-9,11,17,19-21,24H,10,12-16,18H2,1-4H3,(H,30,35)/t24-/m0/s1. The molecule has 2 aliphatic heterocycles. The Bertz CT molecular complexity index is 1160. The number of carbonyl (C=O) groups is 1. The summed E-state index contributed by atoms with van der Waals surface area (Å²) in [6, 6.07) is 14.3. The zero-order valence-electron chi connectivity index (χ0n) is 21.4. The molecule has 1 atom stereocenters. The summed E-state index contributed by atoms with van der Waals surface area (Å²) in [5, 5.41) is 7.57. The molecule has 1 aromatic carbocycles. The SMILES string of the molecule is CC(C)NC(=O)N1CCN(c2ccnn3cc(-c4ccc([C@H]5CCN(C(C)C)C5)cc4)cc23)CC1. The van der Waals surface area contributed by atoms with Crippen molar-refractivity contribution in [2.24, 2.45) is 0 Å². The second-order valence-electron chi connectivity index (χ2n) is 10.5. The predicted molar refractivity (Wildman–Crippen MR) is 142 cm³/mol. The number of anilines is 1. The highest BCUT2D eigenvalue weighted by molar-refractivity contribution is 5.80. The summed E-state index contributed by atoms with van der Waals surface area (Å²) in [7, 11) is 0. The lowest BCUT2D eigenvalue weighted by molar-refractivity contribution is 0.192. The van der Waals surface area contributed by atoms with E-state index in [1.165, 1.54) is 35.3 Å². The van der Waals surface area contributed by atoms with E-state index in [0.717, 1.165) is 38.2 Å². The number of piperazine rings is 1. The molecule has 0 aliphatic carbocycles. The van der Waals surface area contributed by atoms with E-state index in [1.807, 2.05) is 29.5 Å². The third kappa shape index (κ3) is 5.01. The zero-order chi connectivity index (χ0) is 24.5. The molecule has 0 spiro atoms. The summed E-state index contributed by atoms with van der Waals surface area (Å²) >= 11 is 0. The molecule has 2 amide bonds. The minimum Gasteiger partial charge on any atom is -0.366 e. The average Bonchev–Trinajstić information content (AvgIpc) is 3.52. The van der Waals surface area contributed by atoms with E-state index >= 15 is 0 Å². The molecule has 2 fully saturated rings. The Morgan fingerprint density at radius 2 is 1.71 bits per heavy atom. The maximum absolute atomic E-state index is 12.4. The van der Waals surface area contributed by atoms with Gasteiger partial charge in [-0.05, 0) is 69.8 Å². The van der Waals surface area contributed by atoms with E-state index in [0.29, 0.717) is 12.0 Å². The molecular weight excluding hydrogens is 436 g/mol. The Labute approximate surface area is 208 Å². The number of rotatable bonds is 5. The van der Waals surface area contributed by atoms with Gasteiger partial charge in [-0.2, -0.15) is 5.10 Å². The number of fused-ring (bicyclic) bond motifs is 1. The normalized spacial score (nSPS) is 19.3. The van der Waals surface area contributed by atoms with Gasteiger partial charge in [-0.25, -0.2) is 9.31 Å². The lowest BCUT2D eigenvalue weighted by Crippen LogP contribution is -2.53. The Hall–Kier alpha value is -3.06. The smallest absolute Gasteiger partial charge is 0.317 e. The van der Waals surface area contributed by atoms with Crippen LogP contribution in [0.25, 0.3) is 16.6 Å². The van der Waals surface area contributed by atoms with E-state index in [1.54, 1.807) is 0 Å². The van der Waals surface area contributed by atoms with Crippen LogP contribution in [0.5, 0.6) is 0 Å². The second kappa shape index (κ2) is 9.90. The second-order valence-corrected chi connectivity index (χ2v) is 10.5. The number of nitrogens with zero attached hydrogens (tertiary/aromatic N) is 5. The van der Waals surface area contributed by atoms with E-state index < -0.39 is 0 Å². The van der Waals surface area contributed by atoms with E-state index in [-0.39, 0.29) is 12.1 Å². The number of hydrogen-bond acceptors (Lipinski definition) is 4. The predicted octanol–water partition coefficient (Wildman–Crippen LogP) is 4.44. The van der Waals surface area contributed by atoms with Crippen LogP contribution in [0.15, 0.2) is 48.8 Å². The van der Waals surface area contributed by atoms with Gasteiger partial charge in [0.05, 0.1) is 11.2 Å². The molecule has 7 nitrogen and oxygen atoms in total. The van der Waals surface area contributed by atoms with Crippen molar-refractivity contribution in [3.8, 4) is 11.1 Å². The van der Waals surface area contributed by atoms with Crippen molar-refractivity contribution in [3.63, 3.8) is 0 Å². The van der Waals surface area contributed by atoms with E-state index in [2.05, 4.69) is 76.7 Å². The van der Waals surface area contributed by atoms with Crippen molar-refractivity contribution < 1.29 is 4.79 Å². The van der Waals surface area contributed by atoms with Crippen molar-refractivity contribution >= 4 is 17.2 Å². The van der Waals surface area contributed by atoms with Crippen LogP contribution in [0.2, 0.25) is 0 Å². The van der Waals surface area contributed by atoms with Crippen LogP contribution in [0.3, 0.4) is 0 Å². The minimum absolute atomic E-state index is 0.0301. The van der Waals surface area contributed by atoms with Gasteiger partial charge in [-0.3, -0.25) is 0 Å². The molecule has 3 aromatic rings. The van der Waals surface area contributed by atoms with Crippen LogP contribution in [0.1, 0.15) is 45.6 Å². The van der Waals surface area contributed by atoms with Crippen LogP contribution >= 0.6 is 0 Å². The van der Waals surface area contributed by atoms with E-state index in [4.69, 9.17) is 0 Å². The van der Waals surface area contributed by atoms with Crippen molar-refractivity contribution in [3.05, 3.63) is 54.4 Å². The summed E-state index contributed by atoms with van der Waals surface area (Å²) in [5.74, 6) is 0.633. The number of nitrogens with one attached hydrogen (secondary N) is 1. The number of carbonyl (C=O) groups excluding carboxylic acids is 1. The number of hydrogen-bond donors (Lipinski definition) is 1. The Balaban J connectivity index is 1.30. The fourth-order valence-corrected chi connectivity index (χ4v) is 5.39. The zero-order valence-corrected chi connectivity index (χ0v) is 21.4. The van der Waals surface area contributed by atoms with Crippen LogP contribution < -0.4 is 10.2 Å². The fraction of sp³-hybridized carbons (Fsp3) is 0.500. The highest BCUT2D eigenvalue weighted by Crippen LogP contribution is 2.32. The Kier molecular flexibility index (Phi) is 6.69. The van der Waals surface area contributed by atoms with Gasteiger partial charge >= 0.3 is 6.03 Å². The maximum atomic E-state index is 12.4. The Morgan fingerprint density at radius 1 is 0.971 bits per heavy atom. The molecular formula is C28H38N6O. The lowest BCUT2D eigenvalue weighted by Gasteiger charge is -2.36. The van der Waals surface area contributed by atoms with Gasteiger partial charge in [0.15, 0.2) is 0 Å². The minimum atomic E-state index is 0.0301. The first-order valence-electron chi connectivity index (χ1n) is 13.0. The summed E-state index contributed by atoms with van der Waals surface area (Å²) in [6.07, 6.45) is 5.23. The summed E-state index contributed by atoms with van der Waals surface area (Å²) in [5.41, 5.74) is 6.13. The molecule has 2 saturated heterocycles. The number of urea groups is 1. The number of aromatic nitrogens is 2. The van der Waals surface area contributed by atoms with Crippen LogP contribution in [-0.4, -0.2) is 76.8 Å². The van der Waals surface area contributed by atoms with Gasteiger partial charge in [-0.15, -0.1) is 0 Å². The molecule has 2 aliphatic rings. The summed E-state index contributed by atoms with van der Waals surface area (Å²) in [4.78, 5) is 19.2. The maximum Gasteiger partial charge on any atom is 0.317 e. The molecule has 1 N–H and O–H groups in total. The van der Waals surface area contributed by atoms with Crippen molar-refractivity contribution in [2.45, 2.75) is 52.1 Å². The molecule has 35 heavy (non-hydrogen) atoms. The van der Waals surface area contributed by atoms with Gasteiger partial charge in [0.25, 0.3) is 0 Å². The fourth-order valence-electron chi connectivity index (χ4n) is 5.39. The van der Waals surface area contributed by atoms with Gasteiger partial charge in [0, 0.05) is 62.8 Å². The van der Waals surface area contributed by atoms with E-state index in [9.17, 15) is 4.79 Å². The summed E-state index contributed by atoms with van der Waals surface area (Å²) < 4.78 is 1.98. The molecule has 0 saturated carbocycles. The third-order valence-electron chi connectivity index (χ3n) is 7.47. The largest absolute Gasteiger partial charge is 0.366 e. The Morgan fingerprint density at radius 3 is 2.37 bits per heavy atom. The van der Waals surface area contributed by atoms with Gasteiger partial charge in [0.2, 0.25) is 0 Å². The van der Waals surface area contributed by atoms with Crippen molar-refractivity contribution in [1.29, 1.82) is 0 Å².